The van der Waals surface area contributed by atoms with E-state index in [1.165, 1.54) is 10.9 Å². The zero-order valence-corrected chi connectivity index (χ0v) is 12.2. The van der Waals surface area contributed by atoms with E-state index < -0.39 is 0 Å². The molecule has 0 bridgehead atoms. The van der Waals surface area contributed by atoms with Gasteiger partial charge in [-0.2, -0.15) is 5.26 Å². The minimum Gasteiger partial charge on any atom is -0.380 e. The summed E-state index contributed by atoms with van der Waals surface area (Å²) in [5, 5.41) is 13.6. The lowest BCUT2D eigenvalue weighted by molar-refractivity contribution is 1.15. The van der Waals surface area contributed by atoms with Crippen molar-refractivity contribution in [3.05, 3.63) is 64.3 Å². The Morgan fingerprint density at radius 3 is 2.90 bits per heavy atom. The van der Waals surface area contributed by atoms with E-state index >= 15 is 0 Å². The summed E-state index contributed by atoms with van der Waals surface area (Å²) >= 11 is 3.42. The molecule has 0 saturated carbocycles. The molecule has 1 heterocycles. The molecule has 0 aliphatic rings. The zero-order chi connectivity index (χ0) is 13.9. The second-order valence-electron chi connectivity index (χ2n) is 4.55. The van der Waals surface area contributed by atoms with Gasteiger partial charge in [-0.05, 0) is 41.3 Å². The lowest BCUT2D eigenvalue weighted by Crippen LogP contribution is -2.01. The lowest BCUT2D eigenvalue weighted by atomic mass is 10.1. The molecule has 2 N–H and O–H groups in total. The second-order valence-corrected chi connectivity index (χ2v) is 5.47. The molecule has 1 aromatic heterocycles. The van der Waals surface area contributed by atoms with Gasteiger partial charge in [-0.25, -0.2) is 0 Å². The molecular formula is C16H12BrN3. The van der Waals surface area contributed by atoms with E-state index in [-0.39, 0.29) is 0 Å². The van der Waals surface area contributed by atoms with Crippen molar-refractivity contribution >= 4 is 32.5 Å². The molecule has 0 amide bonds. The molecule has 0 fully saturated rings. The van der Waals surface area contributed by atoms with Crippen molar-refractivity contribution in [2.75, 3.05) is 5.32 Å². The summed E-state index contributed by atoms with van der Waals surface area (Å²) in [5.74, 6) is 0. The van der Waals surface area contributed by atoms with Crippen LogP contribution < -0.4 is 5.32 Å². The molecule has 4 heteroatoms. The van der Waals surface area contributed by atoms with Gasteiger partial charge in [-0.1, -0.05) is 28.1 Å². The third kappa shape index (κ3) is 2.54. The van der Waals surface area contributed by atoms with Crippen molar-refractivity contribution in [1.82, 2.24) is 4.98 Å². The molecule has 0 saturated heterocycles. The number of hydrogen-bond acceptors (Lipinski definition) is 2. The Morgan fingerprint density at radius 2 is 2.05 bits per heavy atom. The molecule has 2 aromatic carbocycles. The first-order valence-corrected chi connectivity index (χ1v) is 7.05. The van der Waals surface area contributed by atoms with Gasteiger partial charge in [0.1, 0.15) is 6.07 Å². The van der Waals surface area contributed by atoms with Crippen LogP contribution >= 0.6 is 15.9 Å². The van der Waals surface area contributed by atoms with Gasteiger partial charge in [-0.15, -0.1) is 0 Å². The van der Waals surface area contributed by atoms with Gasteiger partial charge in [-0.3, -0.25) is 0 Å². The monoisotopic (exact) mass is 325 g/mol. The molecule has 0 aliphatic carbocycles. The second kappa shape index (κ2) is 5.40. The lowest BCUT2D eigenvalue weighted by Gasteiger charge is -2.09. The quantitative estimate of drug-likeness (QED) is 0.749. The Balaban J connectivity index is 1.82. The van der Waals surface area contributed by atoms with E-state index in [0.717, 1.165) is 15.7 Å². The Kier molecular flexibility index (Phi) is 3.44. The van der Waals surface area contributed by atoms with Crippen LogP contribution in [0.3, 0.4) is 0 Å². The van der Waals surface area contributed by atoms with Crippen LogP contribution in [0.15, 0.2) is 53.1 Å². The van der Waals surface area contributed by atoms with Crippen LogP contribution in [0.5, 0.6) is 0 Å². The highest BCUT2D eigenvalue weighted by Gasteiger charge is 2.03. The molecule has 98 valence electrons. The van der Waals surface area contributed by atoms with Gasteiger partial charge < -0.3 is 10.3 Å². The SMILES string of the molecule is N#Cc1ccc(Br)cc1NCc1ccc2cc[nH]c2c1. The highest BCUT2D eigenvalue weighted by molar-refractivity contribution is 9.10. The molecule has 0 radical (unpaired) electrons. The number of rotatable bonds is 3. The first-order valence-electron chi connectivity index (χ1n) is 6.26. The molecule has 0 aliphatic heterocycles. The summed E-state index contributed by atoms with van der Waals surface area (Å²) in [4.78, 5) is 3.20. The van der Waals surface area contributed by atoms with Crippen LogP contribution in [0.4, 0.5) is 5.69 Å². The summed E-state index contributed by atoms with van der Waals surface area (Å²) in [5.41, 5.74) is 3.78. The van der Waals surface area contributed by atoms with E-state index in [1.54, 1.807) is 6.07 Å². The number of fused-ring (bicyclic) bond motifs is 1. The molecule has 20 heavy (non-hydrogen) atoms. The predicted molar refractivity (Wildman–Crippen MR) is 84.5 cm³/mol. The van der Waals surface area contributed by atoms with Crippen LogP contribution in [0.25, 0.3) is 10.9 Å². The molecule has 3 aromatic rings. The Bertz CT molecular complexity index is 799. The van der Waals surface area contributed by atoms with Crippen LogP contribution in [0.1, 0.15) is 11.1 Å². The van der Waals surface area contributed by atoms with Gasteiger partial charge >= 0.3 is 0 Å². The topological polar surface area (TPSA) is 51.6 Å². The standard InChI is InChI=1S/C16H12BrN3/c17-14-4-3-13(9-18)16(8-14)20-10-11-1-2-12-5-6-19-15(12)7-11/h1-8,19-20H,10H2. The maximum Gasteiger partial charge on any atom is 0.101 e. The van der Waals surface area contributed by atoms with Crippen molar-refractivity contribution in [3.8, 4) is 6.07 Å². The highest BCUT2D eigenvalue weighted by Crippen LogP contribution is 2.22. The predicted octanol–water partition coefficient (Wildman–Crippen LogP) is 4.41. The zero-order valence-electron chi connectivity index (χ0n) is 10.7. The Morgan fingerprint density at radius 1 is 1.15 bits per heavy atom. The maximum atomic E-state index is 9.11. The number of anilines is 1. The fourth-order valence-electron chi connectivity index (χ4n) is 2.16. The van der Waals surface area contributed by atoms with Crippen molar-refractivity contribution in [2.24, 2.45) is 0 Å². The minimum atomic E-state index is 0.647. The number of halogens is 1. The van der Waals surface area contributed by atoms with E-state index in [2.05, 4.69) is 56.6 Å². The van der Waals surface area contributed by atoms with Gasteiger partial charge in [0.2, 0.25) is 0 Å². The van der Waals surface area contributed by atoms with E-state index in [0.29, 0.717) is 12.1 Å². The summed E-state index contributed by atoms with van der Waals surface area (Å²) in [6.07, 6.45) is 1.93. The summed E-state index contributed by atoms with van der Waals surface area (Å²) < 4.78 is 0.957. The third-order valence-electron chi connectivity index (χ3n) is 3.20. The van der Waals surface area contributed by atoms with Gasteiger partial charge in [0.05, 0.1) is 11.3 Å². The number of H-pyrrole nitrogens is 1. The van der Waals surface area contributed by atoms with Gasteiger partial charge in [0, 0.05) is 22.7 Å². The molecular weight excluding hydrogens is 314 g/mol. The minimum absolute atomic E-state index is 0.647. The molecule has 3 rings (SSSR count). The van der Waals surface area contributed by atoms with Crippen molar-refractivity contribution in [2.45, 2.75) is 6.54 Å². The molecule has 3 nitrogen and oxygen atoms in total. The fourth-order valence-corrected chi connectivity index (χ4v) is 2.52. The average molecular weight is 326 g/mol. The molecule has 0 unspecified atom stereocenters. The normalized spacial score (nSPS) is 10.4. The Labute approximate surface area is 125 Å². The number of hydrogen-bond donors (Lipinski definition) is 2. The number of nitrogens with one attached hydrogen (secondary N) is 2. The first-order chi connectivity index (χ1) is 9.76. The van der Waals surface area contributed by atoms with Crippen LogP contribution in [0, 0.1) is 11.3 Å². The first kappa shape index (κ1) is 12.8. The van der Waals surface area contributed by atoms with E-state index in [1.807, 2.05) is 18.3 Å². The molecule has 0 spiro atoms. The number of aromatic nitrogens is 1. The van der Waals surface area contributed by atoms with Crippen LogP contribution in [-0.4, -0.2) is 4.98 Å². The van der Waals surface area contributed by atoms with Crippen LogP contribution in [-0.2, 0) is 6.54 Å². The fraction of sp³-hybridized carbons (Fsp3) is 0.0625. The van der Waals surface area contributed by atoms with Crippen LogP contribution in [0.2, 0.25) is 0 Å². The Hall–Kier alpha value is -2.25. The van der Waals surface area contributed by atoms with E-state index in [9.17, 15) is 0 Å². The van der Waals surface area contributed by atoms with Crippen molar-refractivity contribution in [1.29, 1.82) is 5.26 Å². The summed E-state index contributed by atoms with van der Waals surface area (Å²) in [6.45, 7) is 0.681. The summed E-state index contributed by atoms with van der Waals surface area (Å²) in [7, 11) is 0. The smallest absolute Gasteiger partial charge is 0.101 e. The van der Waals surface area contributed by atoms with E-state index in [4.69, 9.17) is 5.26 Å². The highest BCUT2D eigenvalue weighted by atomic mass is 79.9. The number of benzene rings is 2. The number of nitriles is 1. The largest absolute Gasteiger partial charge is 0.380 e. The van der Waals surface area contributed by atoms with Gasteiger partial charge in [0.25, 0.3) is 0 Å². The molecule has 0 atom stereocenters. The van der Waals surface area contributed by atoms with Gasteiger partial charge in [0.15, 0.2) is 0 Å². The maximum absolute atomic E-state index is 9.11. The van der Waals surface area contributed by atoms with Crippen molar-refractivity contribution < 1.29 is 0 Å². The average Bonchev–Trinajstić information content (AvgIpc) is 2.92. The third-order valence-corrected chi connectivity index (χ3v) is 3.70. The summed E-state index contributed by atoms with van der Waals surface area (Å²) in [6, 6.07) is 16.1. The van der Waals surface area contributed by atoms with Crippen molar-refractivity contribution in [3.63, 3.8) is 0 Å². The number of nitrogens with zero attached hydrogens (tertiary/aromatic N) is 1. The number of aromatic amines is 1.